The Morgan fingerprint density at radius 1 is 1.12 bits per heavy atom. The lowest BCUT2D eigenvalue weighted by atomic mass is 10.1. The molecule has 0 spiro atoms. The fraction of sp³-hybridized carbons (Fsp3) is 0.278. The zero-order valence-electron chi connectivity index (χ0n) is 13.8. The molecule has 0 aromatic heterocycles. The van der Waals surface area contributed by atoms with Gasteiger partial charge in [0.25, 0.3) is 5.69 Å². The lowest BCUT2D eigenvalue weighted by Gasteiger charge is -2.25. The molecule has 2 aromatic carbocycles. The van der Waals surface area contributed by atoms with Crippen molar-refractivity contribution in [2.75, 3.05) is 20.6 Å². The zero-order chi connectivity index (χ0) is 17.5. The molecular weight excluding hydrogens is 306 g/mol. The van der Waals surface area contributed by atoms with Crippen LogP contribution in [0.2, 0.25) is 0 Å². The van der Waals surface area contributed by atoms with Gasteiger partial charge in [0.05, 0.1) is 17.4 Å². The summed E-state index contributed by atoms with van der Waals surface area (Å²) in [5, 5.41) is 13.9. The molecule has 1 N–H and O–H groups in total. The SMILES string of the molecule is CN(C)[C@H](CNC(=O)Cc1ccccc1[N+](=O)[O-])c1ccccc1. The summed E-state index contributed by atoms with van der Waals surface area (Å²) in [7, 11) is 3.90. The van der Waals surface area contributed by atoms with Crippen molar-refractivity contribution >= 4 is 11.6 Å². The molecule has 0 saturated heterocycles. The molecular formula is C18H21N3O3. The van der Waals surface area contributed by atoms with Crippen molar-refractivity contribution in [3.05, 3.63) is 75.8 Å². The minimum Gasteiger partial charge on any atom is -0.354 e. The second-order valence-corrected chi connectivity index (χ2v) is 5.76. The van der Waals surface area contributed by atoms with Crippen LogP contribution in [-0.4, -0.2) is 36.4 Å². The second-order valence-electron chi connectivity index (χ2n) is 5.76. The first-order valence-corrected chi connectivity index (χ1v) is 7.69. The molecule has 2 aromatic rings. The maximum atomic E-state index is 12.2. The van der Waals surface area contributed by atoms with Gasteiger partial charge in [-0.3, -0.25) is 14.9 Å². The Morgan fingerprint density at radius 2 is 1.75 bits per heavy atom. The number of nitro benzene ring substituents is 1. The van der Waals surface area contributed by atoms with Crippen LogP contribution in [0.3, 0.4) is 0 Å². The van der Waals surface area contributed by atoms with Crippen LogP contribution in [0.5, 0.6) is 0 Å². The van der Waals surface area contributed by atoms with Crippen LogP contribution < -0.4 is 5.32 Å². The van der Waals surface area contributed by atoms with E-state index in [-0.39, 0.29) is 24.1 Å². The smallest absolute Gasteiger partial charge is 0.273 e. The van der Waals surface area contributed by atoms with Crippen LogP contribution in [0.15, 0.2) is 54.6 Å². The number of carbonyl (C=O) groups is 1. The Morgan fingerprint density at radius 3 is 2.38 bits per heavy atom. The monoisotopic (exact) mass is 327 g/mol. The highest BCUT2D eigenvalue weighted by molar-refractivity contribution is 5.79. The Kier molecular flexibility index (Phi) is 6.03. The normalized spacial score (nSPS) is 12.0. The number of nitrogens with zero attached hydrogens (tertiary/aromatic N) is 2. The summed E-state index contributed by atoms with van der Waals surface area (Å²) < 4.78 is 0. The van der Waals surface area contributed by atoms with Crippen molar-refractivity contribution < 1.29 is 9.72 Å². The first-order valence-electron chi connectivity index (χ1n) is 7.69. The Labute approximate surface area is 141 Å². The highest BCUT2D eigenvalue weighted by Crippen LogP contribution is 2.19. The standard InChI is InChI=1S/C18H21N3O3/c1-20(2)17(14-8-4-3-5-9-14)13-19-18(22)12-15-10-6-7-11-16(15)21(23)24/h3-11,17H,12-13H2,1-2H3,(H,19,22)/t17-/m1/s1. The number of benzene rings is 2. The van der Waals surface area contributed by atoms with E-state index in [1.165, 1.54) is 6.07 Å². The molecule has 126 valence electrons. The molecule has 0 unspecified atom stereocenters. The van der Waals surface area contributed by atoms with Crippen LogP contribution in [0.25, 0.3) is 0 Å². The first-order chi connectivity index (χ1) is 11.5. The van der Waals surface area contributed by atoms with Gasteiger partial charge >= 0.3 is 0 Å². The molecule has 2 rings (SSSR count). The number of amides is 1. The maximum absolute atomic E-state index is 12.2. The van der Waals surface area contributed by atoms with E-state index in [0.717, 1.165) is 5.56 Å². The number of rotatable bonds is 7. The Balaban J connectivity index is 2.01. The third kappa shape index (κ3) is 4.63. The zero-order valence-corrected chi connectivity index (χ0v) is 13.8. The number of hydrogen-bond donors (Lipinski definition) is 1. The van der Waals surface area contributed by atoms with Gasteiger partial charge in [0, 0.05) is 18.2 Å². The van der Waals surface area contributed by atoms with Crippen LogP contribution in [0.1, 0.15) is 17.2 Å². The molecule has 0 bridgehead atoms. The molecule has 0 aliphatic heterocycles. The van der Waals surface area contributed by atoms with E-state index in [9.17, 15) is 14.9 Å². The average Bonchev–Trinajstić information content (AvgIpc) is 2.56. The number of carbonyl (C=O) groups excluding carboxylic acids is 1. The van der Waals surface area contributed by atoms with Crippen molar-refractivity contribution in [1.82, 2.24) is 10.2 Å². The first kappa shape index (κ1) is 17.6. The number of hydrogen-bond acceptors (Lipinski definition) is 4. The predicted octanol–water partition coefficient (Wildman–Crippen LogP) is 2.56. The summed E-state index contributed by atoms with van der Waals surface area (Å²) in [6, 6.07) is 16.2. The maximum Gasteiger partial charge on any atom is 0.273 e. The molecule has 0 fully saturated rings. The minimum atomic E-state index is -0.463. The van der Waals surface area contributed by atoms with E-state index in [1.54, 1.807) is 18.2 Å². The molecule has 1 amide bonds. The fourth-order valence-electron chi connectivity index (χ4n) is 2.56. The van der Waals surface area contributed by atoms with Gasteiger partial charge in [0.2, 0.25) is 5.91 Å². The largest absolute Gasteiger partial charge is 0.354 e. The highest BCUT2D eigenvalue weighted by atomic mass is 16.6. The number of nitrogens with one attached hydrogen (secondary N) is 1. The summed E-state index contributed by atoms with van der Waals surface area (Å²) in [5.74, 6) is -0.230. The summed E-state index contributed by atoms with van der Waals surface area (Å²) in [4.78, 5) is 24.8. The predicted molar refractivity (Wildman–Crippen MR) is 92.7 cm³/mol. The van der Waals surface area contributed by atoms with Crippen LogP contribution in [0, 0.1) is 10.1 Å². The molecule has 1 atom stereocenters. The number of nitro groups is 1. The summed E-state index contributed by atoms with van der Waals surface area (Å²) in [5.41, 5.74) is 1.49. The van der Waals surface area contributed by atoms with E-state index in [2.05, 4.69) is 5.32 Å². The molecule has 0 aliphatic carbocycles. The number of likely N-dealkylation sites (N-methyl/N-ethyl adjacent to an activating group) is 1. The van der Waals surface area contributed by atoms with Crippen molar-refractivity contribution in [2.45, 2.75) is 12.5 Å². The molecule has 6 heteroatoms. The van der Waals surface area contributed by atoms with Gasteiger partial charge in [-0.25, -0.2) is 0 Å². The van der Waals surface area contributed by atoms with E-state index >= 15 is 0 Å². The molecule has 6 nitrogen and oxygen atoms in total. The van der Waals surface area contributed by atoms with E-state index < -0.39 is 4.92 Å². The minimum absolute atomic E-state index is 0.00785. The van der Waals surface area contributed by atoms with Gasteiger partial charge < -0.3 is 10.2 Å². The second kappa shape index (κ2) is 8.21. The van der Waals surface area contributed by atoms with Crippen molar-refractivity contribution in [3.8, 4) is 0 Å². The van der Waals surface area contributed by atoms with Crippen LogP contribution in [0.4, 0.5) is 5.69 Å². The average molecular weight is 327 g/mol. The van der Waals surface area contributed by atoms with Crippen LogP contribution >= 0.6 is 0 Å². The van der Waals surface area contributed by atoms with Crippen molar-refractivity contribution in [3.63, 3.8) is 0 Å². The third-order valence-electron chi connectivity index (χ3n) is 3.84. The van der Waals surface area contributed by atoms with Gasteiger partial charge in [-0.15, -0.1) is 0 Å². The highest BCUT2D eigenvalue weighted by Gasteiger charge is 2.18. The van der Waals surface area contributed by atoms with Gasteiger partial charge in [-0.05, 0) is 19.7 Å². The number of para-hydroxylation sites is 1. The van der Waals surface area contributed by atoms with E-state index in [4.69, 9.17) is 0 Å². The molecule has 24 heavy (non-hydrogen) atoms. The lowest BCUT2D eigenvalue weighted by Crippen LogP contribution is -2.35. The lowest BCUT2D eigenvalue weighted by molar-refractivity contribution is -0.385. The van der Waals surface area contributed by atoms with Gasteiger partial charge in [-0.2, -0.15) is 0 Å². The van der Waals surface area contributed by atoms with E-state index in [0.29, 0.717) is 12.1 Å². The summed E-state index contributed by atoms with van der Waals surface area (Å²) in [6.07, 6.45) is -0.00785. The van der Waals surface area contributed by atoms with Gasteiger partial charge in [0.15, 0.2) is 0 Å². The van der Waals surface area contributed by atoms with Crippen molar-refractivity contribution in [2.24, 2.45) is 0 Å². The third-order valence-corrected chi connectivity index (χ3v) is 3.84. The quantitative estimate of drug-likeness (QED) is 0.626. The van der Waals surface area contributed by atoms with Crippen LogP contribution in [-0.2, 0) is 11.2 Å². The Hall–Kier alpha value is -2.73. The topological polar surface area (TPSA) is 75.5 Å². The summed E-state index contributed by atoms with van der Waals surface area (Å²) >= 11 is 0. The van der Waals surface area contributed by atoms with E-state index in [1.807, 2.05) is 49.3 Å². The summed E-state index contributed by atoms with van der Waals surface area (Å²) in [6.45, 7) is 0.441. The van der Waals surface area contributed by atoms with Gasteiger partial charge in [-0.1, -0.05) is 48.5 Å². The van der Waals surface area contributed by atoms with Crippen molar-refractivity contribution in [1.29, 1.82) is 0 Å². The molecule has 0 aliphatic rings. The molecule has 0 radical (unpaired) electrons. The molecule has 0 heterocycles. The Bertz CT molecular complexity index is 702. The fourth-order valence-corrected chi connectivity index (χ4v) is 2.56. The molecule has 0 saturated carbocycles. The van der Waals surface area contributed by atoms with Gasteiger partial charge in [0.1, 0.15) is 0 Å².